The van der Waals surface area contributed by atoms with E-state index >= 15 is 0 Å². The van der Waals surface area contributed by atoms with E-state index in [1.54, 1.807) is 0 Å². The van der Waals surface area contributed by atoms with Crippen LogP contribution in [0.15, 0.2) is 4.99 Å². The van der Waals surface area contributed by atoms with Crippen LogP contribution in [0.5, 0.6) is 0 Å². The van der Waals surface area contributed by atoms with Gasteiger partial charge in [-0.05, 0) is 62.7 Å². The highest BCUT2D eigenvalue weighted by atomic mass is 19.4. The van der Waals surface area contributed by atoms with Gasteiger partial charge in [0.05, 0.1) is 18.2 Å². The topological polar surface area (TPSA) is 97.8 Å². The molecule has 3 fully saturated rings. The van der Waals surface area contributed by atoms with Crippen LogP contribution < -0.4 is 21.5 Å². The molecular formula is C23H39F4N5O2. The first-order valence-corrected chi connectivity index (χ1v) is 12.3. The number of hydrogen-bond acceptors (Lipinski definition) is 5. The first-order chi connectivity index (χ1) is 15.8. The molecule has 3 rings (SSSR count). The molecule has 7 nitrogen and oxygen atoms in total. The molecule has 1 amide bonds. The summed E-state index contributed by atoms with van der Waals surface area (Å²) in [6.07, 6.45) is -4.14. The van der Waals surface area contributed by atoms with E-state index < -0.39 is 30.3 Å². The lowest BCUT2D eigenvalue weighted by molar-refractivity contribution is -0.184. The van der Waals surface area contributed by atoms with E-state index in [-0.39, 0.29) is 55.1 Å². The fraction of sp³-hybridized carbons (Fsp3) is 0.913. The smallest absolute Gasteiger partial charge is 0.390 e. The van der Waals surface area contributed by atoms with Crippen LogP contribution in [0.1, 0.15) is 72.1 Å². The van der Waals surface area contributed by atoms with E-state index in [4.69, 9.17) is 0 Å². The summed E-state index contributed by atoms with van der Waals surface area (Å²) in [5, 5.41) is 15.7. The number of amides is 1. The zero-order valence-corrected chi connectivity index (χ0v) is 20.2. The second kappa shape index (κ2) is 11.1. The Morgan fingerprint density at radius 3 is 2.29 bits per heavy atom. The van der Waals surface area contributed by atoms with Crippen molar-refractivity contribution >= 4 is 11.9 Å². The standard InChI is InChI=1S/C23H39F4N5O2/c1-22(2,3)12-28-21(30-20(34)13-4-7-15(8-5-13)23(25,26)27)29-19-11-17(31-32-19)14-6-9-18(33)16(24)10-14/h13-19,31-33H,4-12H2,1-3H3,(H2,28,29,30,34). The van der Waals surface area contributed by atoms with Crippen molar-refractivity contribution in [2.45, 2.75) is 103 Å². The third-order valence-corrected chi connectivity index (χ3v) is 7.11. The van der Waals surface area contributed by atoms with Gasteiger partial charge < -0.3 is 10.4 Å². The van der Waals surface area contributed by atoms with E-state index in [1.807, 2.05) is 20.8 Å². The first-order valence-electron chi connectivity index (χ1n) is 12.3. The predicted molar refractivity (Wildman–Crippen MR) is 121 cm³/mol. The summed E-state index contributed by atoms with van der Waals surface area (Å²) < 4.78 is 52.8. The van der Waals surface area contributed by atoms with Crippen molar-refractivity contribution in [1.82, 2.24) is 21.5 Å². The number of hydrogen-bond donors (Lipinski definition) is 5. The van der Waals surface area contributed by atoms with E-state index in [1.165, 1.54) is 0 Å². The number of aliphatic imine (C=N–C) groups is 1. The lowest BCUT2D eigenvalue weighted by Crippen LogP contribution is -2.52. The Kier molecular flexibility index (Phi) is 8.84. The molecule has 2 saturated carbocycles. The molecule has 2 aliphatic carbocycles. The number of aliphatic hydroxyl groups excluding tert-OH is 1. The number of halogens is 4. The molecule has 0 spiro atoms. The van der Waals surface area contributed by atoms with Crippen LogP contribution in [0.25, 0.3) is 0 Å². The van der Waals surface area contributed by atoms with Crippen molar-refractivity contribution in [3.8, 4) is 0 Å². The van der Waals surface area contributed by atoms with Crippen molar-refractivity contribution in [3.05, 3.63) is 0 Å². The molecule has 0 radical (unpaired) electrons. The molecule has 0 aromatic carbocycles. The molecule has 5 unspecified atom stereocenters. The highest BCUT2D eigenvalue weighted by Gasteiger charge is 2.43. The lowest BCUT2D eigenvalue weighted by atomic mass is 9.81. The van der Waals surface area contributed by atoms with Crippen LogP contribution in [-0.2, 0) is 4.79 Å². The largest absolute Gasteiger partial charge is 0.391 e. The van der Waals surface area contributed by atoms with Gasteiger partial charge in [-0.2, -0.15) is 13.2 Å². The van der Waals surface area contributed by atoms with Gasteiger partial charge in [0.1, 0.15) is 6.17 Å². The van der Waals surface area contributed by atoms with Gasteiger partial charge in [-0.1, -0.05) is 20.8 Å². The van der Waals surface area contributed by atoms with Gasteiger partial charge in [-0.15, -0.1) is 0 Å². The number of carbonyl (C=O) groups excluding carboxylic acids is 1. The molecule has 3 aliphatic rings. The molecule has 1 aliphatic heterocycles. The summed E-state index contributed by atoms with van der Waals surface area (Å²) >= 11 is 0. The Balaban J connectivity index is 1.56. The predicted octanol–water partition coefficient (Wildman–Crippen LogP) is 3.15. The van der Waals surface area contributed by atoms with Gasteiger partial charge >= 0.3 is 6.18 Å². The average molecular weight is 494 g/mol. The second-order valence-corrected chi connectivity index (χ2v) is 11.3. The SMILES string of the molecule is CC(C)(C)CN=C(NC(=O)C1CCC(C(F)(F)F)CC1)NC1CC(C2CCC(O)C(F)C2)NN1. The van der Waals surface area contributed by atoms with Gasteiger partial charge in [0.25, 0.3) is 0 Å². The van der Waals surface area contributed by atoms with Crippen LogP contribution in [-0.4, -0.2) is 54.2 Å². The molecule has 11 heteroatoms. The average Bonchev–Trinajstić information content (AvgIpc) is 3.21. The number of nitrogens with one attached hydrogen (secondary N) is 4. The molecule has 0 aromatic rings. The number of aliphatic hydroxyl groups is 1. The van der Waals surface area contributed by atoms with Crippen LogP contribution in [0.2, 0.25) is 0 Å². The third-order valence-electron chi connectivity index (χ3n) is 7.11. The van der Waals surface area contributed by atoms with E-state index in [9.17, 15) is 27.5 Å². The molecule has 5 atom stereocenters. The van der Waals surface area contributed by atoms with Gasteiger partial charge in [0.2, 0.25) is 5.91 Å². The molecule has 0 aromatic heterocycles. The highest BCUT2D eigenvalue weighted by Crippen LogP contribution is 2.39. The Bertz CT molecular complexity index is 719. The maximum Gasteiger partial charge on any atom is 0.391 e. The number of alkyl halides is 4. The van der Waals surface area contributed by atoms with Crippen molar-refractivity contribution in [1.29, 1.82) is 0 Å². The maximum absolute atomic E-state index is 14.0. The minimum absolute atomic E-state index is 0.0143. The number of guanidine groups is 1. The van der Waals surface area contributed by atoms with Gasteiger partial charge in [0, 0.05) is 18.5 Å². The Labute approximate surface area is 198 Å². The summed E-state index contributed by atoms with van der Waals surface area (Å²) in [5.74, 6) is -1.74. The third kappa shape index (κ3) is 7.78. The molecule has 1 heterocycles. The first kappa shape index (κ1) is 27.1. The zero-order chi connectivity index (χ0) is 25.1. The van der Waals surface area contributed by atoms with E-state index in [0.29, 0.717) is 31.8 Å². The summed E-state index contributed by atoms with van der Waals surface area (Å²) in [4.78, 5) is 17.4. The normalized spacial score (nSPS) is 35.8. The number of carbonyl (C=O) groups is 1. The van der Waals surface area contributed by atoms with Crippen LogP contribution >= 0.6 is 0 Å². The van der Waals surface area contributed by atoms with Crippen molar-refractivity contribution < 1.29 is 27.5 Å². The lowest BCUT2D eigenvalue weighted by Gasteiger charge is -2.32. The van der Waals surface area contributed by atoms with E-state index in [2.05, 4.69) is 26.5 Å². The summed E-state index contributed by atoms with van der Waals surface area (Å²) in [7, 11) is 0. The van der Waals surface area contributed by atoms with Crippen LogP contribution in [0.4, 0.5) is 17.6 Å². The molecule has 1 saturated heterocycles. The van der Waals surface area contributed by atoms with E-state index in [0.717, 1.165) is 6.42 Å². The highest BCUT2D eigenvalue weighted by molar-refractivity contribution is 5.98. The van der Waals surface area contributed by atoms with Gasteiger partial charge in [-0.25, -0.2) is 9.82 Å². The molecule has 34 heavy (non-hydrogen) atoms. The van der Waals surface area contributed by atoms with Crippen molar-refractivity contribution in [3.63, 3.8) is 0 Å². The zero-order valence-electron chi connectivity index (χ0n) is 20.2. The van der Waals surface area contributed by atoms with Gasteiger partial charge in [-0.3, -0.25) is 20.5 Å². The number of rotatable bonds is 4. The minimum atomic E-state index is -4.21. The molecular weight excluding hydrogens is 454 g/mol. The van der Waals surface area contributed by atoms with Crippen LogP contribution in [0, 0.1) is 23.2 Å². The maximum atomic E-state index is 14.0. The monoisotopic (exact) mass is 493 g/mol. The quantitative estimate of drug-likeness (QED) is 0.236. The van der Waals surface area contributed by atoms with Crippen LogP contribution in [0.3, 0.4) is 0 Å². The Morgan fingerprint density at radius 2 is 1.71 bits per heavy atom. The van der Waals surface area contributed by atoms with Crippen molar-refractivity contribution in [2.75, 3.05) is 6.54 Å². The number of nitrogens with zero attached hydrogens (tertiary/aromatic N) is 1. The Morgan fingerprint density at radius 1 is 1.03 bits per heavy atom. The fourth-order valence-corrected chi connectivity index (χ4v) is 4.98. The molecule has 0 bridgehead atoms. The number of hydrazine groups is 1. The summed E-state index contributed by atoms with van der Waals surface area (Å²) in [6, 6.07) is 0.0143. The Hall–Kier alpha value is -1.46. The molecule has 196 valence electrons. The fourth-order valence-electron chi connectivity index (χ4n) is 4.98. The molecule has 5 N–H and O–H groups in total. The van der Waals surface area contributed by atoms with Crippen molar-refractivity contribution in [2.24, 2.45) is 28.2 Å². The summed E-state index contributed by atoms with van der Waals surface area (Å²) in [5.41, 5.74) is 6.20. The van der Waals surface area contributed by atoms with Gasteiger partial charge in [0.15, 0.2) is 5.96 Å². The second-order valence-electron chi connectivity index (χ2n) is 11.3. The minimum Gasteiger partial charge on any atom is -0.390 e. The summed E-state index contributed by atoms with van der Waals surface area (Å²) in [6.45, 7) is 6.50.